The summed E-state index contributed by atoms with van der Waals surface area (Å²) in [6.45, 7) is 0.442. The highest BCUT2D eigenvalue weighted by Crippen LogP contribution is 2.42. The molecule has 22 heavy (non-hydrogen) atoms. The Bertz CT molecular complexity index is 728. The molecule has 1 aliphatic heterocycles. The van der Waals surface area contributed by atoms with Crippen molar-refractivity contribution in [2.75, 3.05) is 0 Å². The molecule has 0 fully saturated rings. The molecule has 3 nitrogen and oxygen atoms in total. The second-order valence-corrected chi connectivity index (χ2v) is 7.77. The van der Waals surface area contributed by atoms with Gasteiger partial charge >= 0.3 is 0 Å². The molecule has 4 rings (SSSR count). The van der Waals surface area contributed by atoms with Gasteiger partial charge in [-0.2, -0.15) is 0 Å². The number of carbonyl (C=O) groups is 1. The van der Waals surface area contributed by atoms with Crippen LogP contribution in [0.25, 0.3) is 6.08 Å². The minimum Gasteiger partial charge on any atom is -0.467 e. The summed E-state index contributed by atoms with van der Waals surface area (Å²) in [6, 6.07) is 3.70. The summed E-state index contributed by atoms with van der Waals surface area (Å²) in [5, 5.41) is 2.93. The Hall–Kier alpha value is -1.46. The van der Waals surface area contributed by atoms with E-state index in [4.69, 9.17) is 4.42 Å². The first-order chi connectivity index (χ1) is 10.8. The maximum atomic E-state index is 12.3. The number of rotatable bonds is 3. The predicted molar refractivity (Wildman–Crippen MR) is 90.8 cm³/mol. The van der Waals surface area contributed by atoms with E-state index in [1.54, 1.807) is 28.5 Å². The average molecular weight is 331 g/mol. The van der Waals surface area contributed by atoms with E-state index in [9.17, 15) is 4.79 Å². The monoisotopic (exact) mass is 331 g/mol. The zero-order chi connectivity index (χ0) is 14.9. The van der Waals surface area contributed by atoms with Gasteiger partial charge in [0.25, 0.3) is 5.91 Å². The minimum atomic E-state index is -0.00146. The number of furan rings is 1. The summed E-state index contributed by atoms with van der Waals surface area (Å²) in [5.74, 6) is 1.71. The van der Waals surface area contributed by atoms with Crippen molar-refractivity contribution >= 4 is 35.1 Å². The summed E-state index contributed by atoms with van der Waals surface area (Å²) < 4.78 is 5.24. The Morgan fingerprint density at radius 2 is 2.18 bits per heavy atom. The summed E-state index contributed by atoms with van der Waals surface area (Å²) in [4.78, 5) is 16.0. The molecule has 0 radical (unpaired) electrons. The van der Waals surface area contributed by atoms with Crippen LogP contribution in [0, 0.1) is 0 Å². The molecule has 0 spiro atoms. The van der Waals surface area contributed by atoms with Gasteiger partial charge in [-0.25, -0.2) is 0 Å². The molecule has 2 aromatic heterocycles. The molecule has 1 amide bonds. The third kappa shape index (κ3) is 2.63. The first kappa shape index (κ1) is 14.2. The first-order valence-corrected chi connectivity index (χ1v) is 9.40. The van der Waals surface area contributed by atoms with Crippen molar-refractivity contribution in [3.63, 3.8) is 0 Å². The van der Waals surface area contributed by atoms with Crippen molar-refractivity contribution in [1.29, 1.82) is 0 Å². The van der Waals surface area contributed by atoms with Crippen molar-refractivity contribution in [3.05, 3.63) is 49.9 Å². The second-order valence-electron chi connectivity index (χ2n) is 5.61. The number of aryl methyl sites for hydroxylation is 1. The Morgan fingerprint density at radius 1 is 1.27 bits per heavy atom. The van der Waals surface area contributed by atoms with Crippen molar-refractivity contribution in [2.45, 2.75) is 38.0 Å². The molecular weight excluding hydrogens is 314 g/mol. The number of nitrogens with one attached hydrogen (secondary N) is 1. The van der Waals surface area contributed by atoms with Crippen LogP contribution in [0.5, 0.6) is 0 Å². The summed E-state index contributed by atoms with van der Waals surface area (Å²) in [7, 11) is 0. The van der Waals surface area contributed by atoms with E-state index in [0.717, 1.165) is 16.4 Å². The van der Waals surface area contributed by atoms with Gasteiger partial charge < -0.3 is 9.73 Å². The maximum absolute atomic E-state index is 12.3. The average Bonchev–Trinajstić information content (AvgIpc) is 3.19. The molecule has 0 saturated heterocycles. The van der Waals surface area contributed by atoms with E-state index in [1.807, 2.05) is 23.5 Å². The largest absolute Gasteiger partial charge is 0.467 e. The van der Waals surface area contributed by atoms with Gasteiger partial charge in [0.1, 0.15) is 5.76 Å². The van der Waals surface area contributed by atoms with Gasteiger partial charge in [-0.3, -0.25) is 4.79 Å². The molecule has 0 bridgehead atoms. The summed E-state index contributed by atoms with van der Waals surface area (Å²) in [6.07, 6.45) is 8.74. The number of hydrogen-bond donors (Lipinski definition) is 1. The van der Waals surface area contributed by atoms with Crippen LogP contribution in [0.3, 0.4) is 0 Å². The van der Waals surface area contributed by atoms with Crippen molar-refractivity contribution in [3.8, 4) is 0 Å². The lowest BCUT2D eigenvalue weighted by Gasteiger charge is -2.16. The fourth-order valence-electron chi connectivity index (χ4n) is 3.04. The van der Waals surface area contributed by atoms with E-state index in [2.05, 4.69) is 11.4 Å². The van der Waals surface area contributed by atoms with Crippen LogP contribution in [0.4, 0.5) is 0 Å². The van der Waals surface area contributed by atoms with Gasteiger partial charge in [0.15, 0.2) is 0 Å². The van der Waals surface area contributed by atoms with E-state index < -0.39 is 0 Å². The van der Waals surface area contributed by atoms with Crippen LogP contribution in [-0.2, 0) is 29.9 Å². The molecule has 1 N–H and O–H groups in total. The molecule has 114 valence electrons. The Labute approximate surface area is 137 Å². The quantitative estimate of drug-likeness (QED) is 0.920. The van der Waals surface area contributed by atoms with Crippen LogP contribution in [-0.4, -0.2) is 5.91 Å². The maximum Gasteiger partial charge on any atom is 0.258 e. The van der Waals surface area contributed by atoms with E-state index in [1.165, 1.54) is 36.1 Å². The van der Waals surface area contributed by atoms with Gasteiger partial charge in [0, 0.05) is 15.5 Å². The lowest BCUT2D eigenvalue weighted by molar-refractivity contribution is -0.117. The SMILES string of the molecule is O=C(NCc1ccco1)C1=Cc2sc3c(c2CS1)CCCC3. The molecule has 3 heterocycles. The van der Waals surface area contributed by atoms with Crippen molar-refractivity contribution in [2.24, 2.45) is 0 Å². The van der Waals surface area contributed by atoms with Crippen LogP contribution < -0.4 is 5.32 Å². The minimum absolute atomic E-state index is 0.00146. The summed E-state index contributed by atoms with van der Waals surface area (Å²) >= 11 is 3.54. The highest BCUT2D eigenvalue weighted by Gasteiger charge is 2.24. The van der Waals surface area contributed by atoms with Crippen LogP contribution in [0.1, 0.15) is 39.5 Å². The van der Waals surface area contributed by atoms with Crippen LogP contribution >= 0.6 is 23.1 Å². The topological polar surface area (TPSA) is 42.2 Å². The zero-order valence-corrected chi connectivity index (χ0v) is 13.8. The lowest BCUT2D eigenvalue weighted by Crippen LogP contribution is -2.23. The number of thioether (sulfide) groups is 1. The first-order valence-electron chi connectivity index (χ1n) is 7.60. The molecule has 0 atom stereocenters. The Balaban J connectivity index is 1.51. The third-order valence-electron chi connectivity index (χ3n) is 4.17. The highest BCUT2D eigenvalue weighted by atomic mass is 32.2. The van der Waals surface area contributed by atoms with E-state index in [0.29, 0.717) is 6.54 Å². The fourth-order valence-corrected chi connectivity index (χ4v) is 5.59. The number of amides is 1. The molecule has 0 unspecified atom stereocenters. The molecule has 0 saturated carbocycles. The number of carbonyl (C=O) groups excluding carboxylic acids is 1. The summed E-state index contributed by atoms with van der Waals surface area (Å²) in [5.41, 5.74) is 3.05. The van der Waals surface area contributed by atoms with E-state index >= 15 is 0 Å². The number of fused-ring (bicyclic) bond motifs is 3. The smallest absolute Gasteiger partial charge is 0.258 e. The second kappa shape index (κ2) is 5.97. The zero-order valence-electron chi connectivity index (χ0n) is 12.2. The molecule has 1 aliphatic carbocycles. The van der Waals surface area contributed by atoms with E-state index in [-0.39, 0.29) is 5.91 Å². The third-order valence-corrected chi connectivity index (χ3v) is 6.50. The van der Waals surface area contributed by atoms with Crippen LogP contribution in [0.2, 0.25) is 0 Å². The lowest BCUT2D eigenvalue weighted by atomic mass is 9.95. The standard InChI is InChI=1S/C17H17NO2S2/c19-17(18-9-11-4-3-7-20-11)16-8-15-13(10-21-16)12-5-1-2-6-14(12)22-15/h3-4,7-8H,1-2,5-6,9-10H2,(H,18,19). The van der Waals surface area contributed by atoms with Crippen LogP contribution in [0.15, 0.2) is 27.7 Å². The molecular formula is C17H17NO2S2. The Morgan fingerprint density at radius 3 is 3.05 bits per heavy atom. The normalized spacial score (nSPS) is 16.6. The van der Waals surface area contributed by atoms with Gasteiger partial charge in [0.2, 0.25) is 0 Å². The molecule has 0 aromatic carbocycles. The highest BCUT2D eigenvalue weighted by molar-refractivity contribution is 8.03. The van der Waals surface area contributed by atoms with Crippen molar-refractivity contribution in [1.82, 2.24) is 5.32 Å². The van der Waals surface area contributed by atoms with Gasteiger partial charge in [-0.15, -0.1) is 23.1 Å². The number of hydrogen-bond acceptors (Lipinski definition) is 4. The van der Waals surface area contributed by atoms with Crippen molar-refractivity contribution < 1.29 is 9.21 Å². The molecule has 2 aromatic rings. The Kier molecular flexibility index (Phi) is 3.84. The van der Waals surface area contributed by atoms with Gasteiger partial charge in [-0.05, 0) is 55.0 Å². The van der Waals surface area contributed by atoms with Gasteiger partial charge in [0.05, 0.1) is 17.7 Å². The fraction of sp³-hybridized carbons (Fsp3) is 0.353. The predicted octanol–water partition coefficient (Wildman–Crippen LogP) is 4.12. The number of thiophene rings is 1. The van der Waals surface area contributed by atoms with Gasteiger partial charge in [-0.1, -0.05) is 0 Å². The molecule has 5 heteroatoms. The molecule has 2 aliphatic rings.